The summed E-state index contributed by atoms with van der Waals surface area (Å²) < 4.78 is 13.6. The number of thioether (sulfide) groups is 1. The maximum absolute atomic E-state index is 12.9. The predicted octanol–water partition coefficient (Wildman–Crippen LogP) is 3.99. The van der Waals surface area contributed by atoms with Crippen LogP contribution in [0.1, 0.15) is 24.8 Å². The number of carbonyl (C=O) groups is 1. The Bertz CT molecular complexity index is 416. The molecule has 92 valence electrons. The van der Waals surface area contributed by atoms with Crippen molar-refractivity contribution in [2.24, 2.45) is 0 Å². The van der Waals surface area contributed by atoms with Gasteiger partial charge in [0, 0.05) is 10.9 Å². The van der Waals surface area contributed by atoms with Crippen LogP contribution >= 0.6 is 27.7 Å². The fourth-order valence-corrected chi connectivity index (χ4v) is 3.71. The van der Waals surface area contributed by atoms with Crippen LogP contribution in [0.2, 0.25) is 0 Å². The molecule has 1 aromatic carbocycles. The molecule has 0 bridgehead atoms. The van der Waals surface area contributed by atoms with E-state index < -0.39 is 0 Å². The van der Waals surface area contributed by atoms with Crippen LogP contribution in [0.4, 0.5) is 4.39 Å². The number of hydrogen-bond donors (Lipinski definition) is 0. The molecule has 0 saturated carbocycles. The maximum Gasteiger partial charge on any atom is 0.150 e. The molecule has 1 atom stereocenters. The van der Waals surface area contributed by atoms with E-state index in [1.54, 1.807) is 17.8 Å². The summed E-state index contributed by atoms with van der Waals surface area (Å²) in [5, 5.41) is 0.140. The zero-order valence-electron chi connectivity index (χ0n) is 9.42. The average Bonchev–Trinajstić information content (AvgIpc) is 2.34. The fourth-order valence-electron chi connectivity index (χ4n) is 1.96. The SMILES string of the molecule is O=C(Cc1ccc(F)cc1Br)C1CCCCS1. The van der Waals surface area contributed by atoms with E-state index in [-0.39, 0.29) is 16.9 Å². The van der Waals surface area contributed by atoms with Gasteiger partial charge in [-0.2, -0.15) is 11.8 Å². The van der Waals surface area contributed by atoms with Crippen LogP contribution in [0.5, 0.6) is 0 Å². The van der Waals surface area contributed by atoms with E-state index in [9.17, 15) is 9.18 Å². The Hall–Kier alpha value is -0.350. The highest BCUT2D eigenvalue weighted by Crippen LogP contribution is 2.28. The molecule has 2 rings (SSSR count). The van der Waals surface area contributed by atoms with Crippen LogP contribution in [0.25, 0.3) is 0 Å². The molecule has 1 saturated heterocycles. The van der Waals surface area contributed by atoms with Gasteiger partial charge < -0.3 is 0 Å². The van der Waals surface area contributed by atoms with Gasteiger partial charge in [0.1, 0.15) is 11.6 Å². The molecule has 0 aliphatic carbocycles. The maximum atomic E-state index is 12.9. The van der Waals surface area contributed by atoms with Gasteiger partial charge in [-0.05, 0) is 36.3 Å². The lowest BCUT2D eigenvalue weighted by atomic mass is 10.0. The molecule has 1 aromatic rings. The third-order valence-electron chi connectivity index (χ3n) is 2.92. The predicted molar refractivity (Wildman–Crippen MR) is 72.9 cm³/mol. The second kappa shape index (κ2) is 6.01. The summed E-state index contributed by atoms with van der Waals surface area (Å²) in [6.45, 7) is 0. The molecule has 1 aliphatic heterocycles. The summed E-state index contributed by atoms with van der Waals surface area (Å²) in [5.41, 5.74) is 0.877. The van der Waals surface area contributed by atoms with Gasteiger partial charge in [0.25, 0.3) is 0 Å². The Morgan fingerprint density at radius 3 is 2.94 bits per heavy atom. The summed E-state index contributed by atoms with van der Waals surface area (Å²) in [5.74, 6) is 1.07. The molecule has 4 heteroatoms. The lowest BCUT2D eigenvalue weighted by Crippen LogP contribution is -2.22. The minimum atomic E-state index is -0.278. The van der Waals surface area contributed by atoms with E-state index in [4.69, 9.17) is 0 Å². The van der Waals surface area contributed by atoms with E-state index in [1.807, 2.05) is 0 Å². The molecule has 1 nitrogen and oxygen atoms in total. The Kier molecular flexibility index (Phi) is 4.62. The first-order valence-electron chi connectivity index (χ1n) is 5.75. The molecule has 0 aromatic heterocycles. The standard InChI is InChI=1S/C13H14BrFOS/c14-11-8-10(15)5-4-9(11)7-12(16)13-3-1-2-6-17-13/h4-5,8,13H,1-3,6-7H2. The third-order valence-corrected chi connectivity index (χ3v) is 5.08. The van der Waals surface area contributed by atoms with Crippen LogP contribution in [0.15, 0.2) is 22.7 Å². The molecule has 1 fully saturated rings. The van der Waals surface area contributed by atoms with E-state index in [0.29, 0.717) is 10.9 Å². The van der Waals surface area contributed by atoms with Crippen molar-refractivity contribution in [2.45, 2.75) is 30.9 Å². The van der Waals surface area contributed by atoms with Gasteiger partial charge >= 0.3 is 0 Å². The van der Waals surface area contributed by atoms with Gasteiger partial charge in [-0.3, -0.25) is 4.79 Å². The summed E-state index contributed by atoms with van der Waals surface area (Å²) in [6.07, 6.45) is 3.75. The molecular formula is C13H14BrFOS. The molecule has 1 aliphatic rings. The van der Waals surface area contributed by atoms with Crippen LogP contribution in [0, 0.1) is 5.82 Å². The number of rotatable bonds is 3. The van der Waals surface area contributed by atoms with Crippen molar-refractivity contribution in [3.63, 3.8) is 0 Å². The Labute approximate surface area is 113 Å². The first-order valence-corrected chi connectivity index (χ1v) is 7.59. The number of benzene rings is 1. The lowest BCUT2D eigenvalue weighted by molar-refractivity contribution is -0.118. The van der Waals surface area contributed by atoms with Crippen molar-refractivity contribution in [3.05, 3.63) is 34.1 Å². The minimum absolute atomic E-state index is 0.140. The summed E-state index contributed by atoms with van der Waals surface area (Å²) in [4.78, 5) is 12.1. The highest BCUT2D eigenvalue weighted by Gasteiger charge is 2.22. The van der Waals surface area contributed by atoms with Crippen LogP contribution in [-0.2, 0) is 11.2 Å². The van der Waals surface area contributed by atoms with Gasteiger partial charge in [-0.15, -0.1) is 0 Å². The van der Waals surface area contributed by atoms with Crippen molar-refractivity contribution in [1.29, 1.82) is 0 Å². The fraction of sp³-hybridized carbons (Fsp3) is 0.462. The molecule has 0 spiro atoms. The highest BCUT2D eigenvalue weighted by molar-refractivity contribution is 9.10. The van der Waals surface area contributed by atoms with Gasteiger partial charge in [0.15, 0.2) is 0 Å². The van der Waals surface area contributed by atoms with E-state index in [2.05, 4.69) is 15.9 Å². The normalized spacial score (nSPS) is 20.2. The number of ketones is 1. The Balaban J connectivity index is 2.02. The Morgan fingerprint density at radius 2 is 2.29 bits per heavy atom. The van der Waals surface area contributed by atoms with E-state index in [1.165, 1.54) is 18.6 Å². The number of carbonyl (C=O) groups excluding carboxylic acids is 1. The molecule has 0 amide bonds. The van der Waals surface area contributed by atoms with Crippen LogP contribution < -0.4 is 0 Å². The summed E-state index contributed by atoms with van der Waals surface area (Å²) >= 11 is 5.06. The van der Waals surface area contributed by atoms with E-state index >= 15 is 0 Å². The minimum Gasteiger partial charge on any atom is -0.298 e. The van der Waals surface area contributed by atoms with Crippen LogP contribution in [0.3, 0.4) is 0 Å². The zero-order valence-corrected chi connectivity index (χ0v) is 11.8. The monoisotopic (exact) mass is 316 g/mol. The van der Waals surface area contributed by atoms with Crippen molar-refractivity contribution < 1.29 is 9.18 Å². The molecule has 1 heterocycles. The second-order valence-corrected chi connectivity index (χ2v) is 6.40. The first kappa shape index (κ1) is 13.1. The average molecular weight is 317 g/mol. The van der Waals surface area contributed by atoms with Crippen molar-refractivity contribution >= 4 is 33.5 Å². The van der Waals surface area contributed by atoms with Gasteiger partial charge in [0.05, 0.1) is 5.25 Å². The first-order chi connectivity index (χ1) is 8.16. The largest absolute Gasteiger partial charge is 0.298 e. The molecule has 0 radical (unpaired) electrons. The topological polar surface area (TPSA) is 17.1 Å². The zero-order chi connectivity index (χ0) is 12.3. The number of Topliss-reactive ketones (excluding diaryl/α,β-unsaturated/α-hetero) is 1. The number of hydrogen-bond acceptors (Lipinski definition) is 2. The van der Waals surface area contributed by atoms with Crippen molar-refractivity contribution in [2.75, 3.05) is 5.75 Å². The molecule has 0 N–H and O–H groups in total. The summed E-state index contributed by atoms with van der Waals surface area (Å²) in [6, 6.07) is 4.50. The smallest absolute Gasteiger partial charge is 0.150 e. The van der Waals surface area contributed by atoms with E-state index in [0.717, 1.165) is 24.2 Å². The van der Waals surface area contributed by atoms with Gasteiger partial charge in [-0.1, -0.05) is 28.4 Å². The molecule has 17 heavy (non-hydrogen) atoms. The lowest BCUT2D eigenvalue weighted by Gasteiger charge is -2.20. The van der Waals surface area contributed by atoms with Gasteiger partial charge in [-0.25, -0.2) is 4.39 Å². The Morgan fingerprint density at radius 1 is 1.47 bits per heavy atom. The van der Waals surface area contributed by atoms with Crippen molar-refractivity contribution in [3.8, 4) is 0 Å². The van der Waals surface area contributed by atoms with Crippen LogP contribution in [-0.4, -0.2) is 16.8 Å². The molecule has 1 unspecified atom stereocenters. The third kappa shape index (κ3) is 3.55. The highest BCUT2D eigenvalue weighted by atomic mass is 79.9. The van der Waals surface area contributed by atoms with Gasteiger partial charge in [0.2, 0.25) is 0 Å². The number of halogens is 2. The second-order valence-electron chi connectivity index (χ2n) is 4.23. The quantitative estimate of drug-likeness (QED) is 0.839. The summed E-state index contributed by atoms with van der Waals surface area (Å²) in [7, 11) is 0. The van der Waals surface area contributed by atoms with Crippen molar-refractivity contribution in [1.82, 2.24) is 0 Å². The molecular weight excluding hydrogens is 303 g/mol.